The number of ether oxygens (including phenoxy) is 3. The minimum absolute atomic E-state index is 0.147. The first kappa shape index (κ1) is 23.0. The van der Waals surface area contributed by atoms with E-state index in [2.05, 4.69) is 10.6 Å². The van der Waals surface area contributed by atoms with Crippen LogP contribution in [0.3, 0.4) is 0 Å². The standard InChI is InChI=1S/C22H29N3O5/c1-15-6-8-17(9-7-15)24-22(27)14-25(2)13-21(26)23-12-16-10-19(29-4)20(30-5)11-18(16)28-3/h6-11H,12-14H2,1-5H3,(H,23,26)(H,24,27)/p+1. The van der Waals surface area contributed by atoms with Gasteiger partial charge in [0.2, 0.25) is 0 Å². The smallest absolute Gasteiger partial charge is 0.279 e. The number of carbonyl (C=O) groups excluding carboxylic acids is 2. The molecular formula is C22H30N3O5+. The van der Waals surface area contributed by atoms with Crippen LogP contribution in [0.5, 0.6) is 17.2 Å². The maximum absolute atomic E-state index is 12.3. The maximum Gasteiger partial charge on any atom is 0.279 e. The normalized spacial score (nSPS) is 11.4. The van der Waals surface area contributed by atoms with Crippen molar-refractivity contribution in [3.05, 3.63) is 47.5 Å². The second kappa shape index (κ2) is 11.1. The largest absolute Gasteiger partial charge is 0.496 e. The molecule has 3 N–H and O–H groups in total. The number of nitrogens with one attached hydrogen (secondary N) is 3. The Kier molecular flexibility index (Phi) is 8.49. The van der Waals surface area contributed by atoms with Crippen LogP contribution < -0.4 is 29.7 Å². The average molecular weight is 416 g/mol. The van der Waals surface area contributed by atoms with Crippen LogP contribution >= 0.6 is 0 Å². The van der Waals surface area contributed by atoms with Gasteiger partial charge >= 0.3 is 0 Å². The summed E-state index contributed by atoms with van der Waals surface area (Å²) in [6.07, 6.45) is 0. The Morgan fingerprint density at radius 2 is 1.43 bits per heavy atom. The fourth-order valence-corrected chi connectivity index (χ4v) is 2.94. The van der Waals surface area contributed by atoms with Crippen molar-refractivity contribution in [2.75, 3.05) is 46.8 Å². The molecule has 0 saturated heterocycles. The van der Waals surface area contributed by atoms with Crippen molar-refractivity contribution < 1.29 is 28.7 Å². The van der Waals surface area contributed by atoms with Gasteiger partial charge in [-0.05, 0) is 25.1 Å². The second-order valence-corrected chi connectivity index (χ2v) is 7.02. The molecule has 2 amide bonds. The molecule has 0 aliphatic rings. The number of anilines is 1. The summed E-state index contributed by atoms with van der Waals surface area (Å²) in [5.74, 6) is 1.37. The molecule has 0 fully saturated rings. The summed E-state index contributed by atoms with van der Waals surface area (Å²) in [6, 6.07) is 11.1. The minimum atomic E-state index is -0.174. The zero-order valence-corrected chi connectivity index (χ0v) is 18.1. The molecule has 8 heteroatoms. The molecule has 8 nitrogen and oxygen atoms in total. The maximum atomic E-state index is 12.3. The van der Waals surface area contributed by atoms with E-state index in [9.17, 15) is 9.59 Å². The van der Waals surface area contributed by atoms with Crippen LogP contribution in [0, 0.1) is 6.92 Å². The minimum Gasteiger partial charge on any atom is -0.496 e. The molecule has 0 saturated carbocycles. The van der Waals surface area contributed by atoms with E-state index in [-0.39, 0.29) is 31.4 Å². The van der Waals surface area contributed by atoms with Crippen LogP contribution in [0.4, 0.5) is 5.69 Å². The predicted octanol–water partition coefficient (Wildman–Crippen LogP) is 0.790. The fourth-order valence-electron chi connectivity index (χ4n) is 2.94. The van der Waals surface area contributed by atoms with Crippen molar-refractivity contribution in [3.8, 4) is 17.2 Å². The van der Waals surface area contributed by atoms with Gasteiger partial charge in [-0.3, -0.25) is 9.59 Å². The van der Waals surface area contributed by atoms with Gasteiger partial charge in [0.15, 0.2) is 24.6 Å². The fraction of sp³-hybridized carbons (Fsp3) is 0.364. The highest BCUT2D eigenvalue weighted by molar-refractivity contribution is 5.91. The van der Waals surface area contributed by atoms with E-state index in [0.29, 0.717) is 17.2 Å². The molecule has 0 aliphatic carbocycles. The van der Waals surface area contributed by atoms with Gasteiger partial charge < -0.3 is 29.7 Å². The van der Waals surface area contributed by atoms with Crippen LogP contribution in [-0.2, 0) is 16.1 Å². The zero-order valence-electron chi connectivity index (χ0n) is 18.1. The molecule has 30 heavy (non-hydrogen) atoms. The third-order valence-corrected chi connectivity index (χ3v) is 4.52. The summed E-state index contributed by atoms with van der Waals surface area (Å²) in [4.78, 5) is 25.3. The van der Waals surface area contributed by atoms with E-state index >= 15 is 0 Å². The zero-order chi connectivity index (χ0) is 22.1. The van der Waals surface area contributed by atoms with Crippen LogP contribution in [0.1, 0.15) is 11.1 Å². The van der Waals surface area contributed by atoms with E-state index in [1.807, 2.05) is 31.2 Å². The number of methoxy groups -OCH3 is 3. The van der Waals surface area contributed by atoms with Gasteiger partial charge in [0.05, 0.1) is 28.4 Å². The van der Waals surface area contributed by atoms with Crippen molar-refractivity contribution in [1.29, 1.82) is 0 Å². The molecule has 0 aliphatic heterocycles. The molecule has 2 rings (SSSR count). The summed E-state index contributed by atoms with van der Waals surface area (Å²) in [5, 5.41) is 5.69. The molecule has 2 aromatic carbocycles. The van der Waals surface area contributed by atoms with Gasteiger partial charge in [0.1, 0.15) is 5.75 Å². The molecule has 0 radical (unpaired) electrons. The molecule has 162 valence electrons. The first-order chi connectivity index (χ1) is 14.4. The quantitative estimate of drug-likeness (QED) is 0.533. The van der Waals surface area contributed by atoms with Crippen molar-refractivity contribution >= 4 is 17.5 Å². The summed E-state index contributed by atoms with van der Waals surface area (Å²) in [5.41, 5.74) is 2.63. The third-order valence-electron chi connectivity index (χ3n) is 4.52. The molecular weight excluding hydrogens is 386 g/mol. The molecule has 1 atom stereocenters. The van der Waals surface area contributed by atoms with Gasteiger partial charge in [0.25, 0.3) is 11.8 Å². The lowest BCUT2D eigenvalue weighted by atomic mass is 10.1. The Labute approximate surface area is 177 Å². The first-order valence-corrected chi connectivity index (χ1v) is 9.59. The molecule has 0 bridgehead atoms. The van der Waals surface area contributed by atoms with E-state index in [0.717, 1.165) is 21.7 Å². The molecule has 0 heterocycles. The molecule has 0 spiro atoms. The molecule has 1 unspecified atom stereocenters. The number of rotatable bonds is 10. The summed E-state index contributed by atoms with van der Waals surface area (Å²) in [6.45, 7) is 2.60. The lowest BCUT2D eigenvalue weighted by Crippen LogP contribution is -3.11. The highest BCUT2D eigenvalue weighted by atomic mass is 16.5. The van der Waals surface area contributed by atoms with Gasteiger partial charge in [-0.1, -0.05) is 17.7 Å². The van der Waals surface area contributed by atoms with E-state index in [1.165, 1.54) is 0 Å². The van der Waals surface area contributed by atoms with E-state index < -0.39 is 0 Å². The van der Waals surface area contributed by atoms with Crippen molar-refractivity contribution in [2.45, 2.75) is 13.5 Å². The lowest BCUT2D eigenvalue weighted by molar-refractivity contribution is -0.862. The van der Waals surface area contributed by atoms with E-state index in [1.54, 1.807) is 40.5 Å². The first-order valence-electron chi connectivity index (χ1n) is 9.59. The van der Waals surface area contributed by atoms with Gasteiger partial charge in [-0.25, -0.2) is 0 Å². The Morgan fingerprint density at radius 1 is 0.867 bits per heavy atom. The van der Waals surface area contributed by atoms with Crippen LogP contribution in [0.2, 0.25) is 0 Å². The number of hydrogen-bond donors (Lipinski definition) is 3. The number of quaternary nitrogens is 1. The Balaban J connectivity index is 1.86. The van der Waals surface area contributed by atoms with E-state index in [4.69, 9.17) is 14.2 Å². The SMILES string of the molecule is COc1cc(OC)c(OC)cc1CNC(=O)C[NH+](C)CC(=O)Nc1ccc(C)cc1. The van der Waals surface area contributed by atoms with Crippen LogP contribution in [0.15, 0.2) is 36.4 Å². The number of benzene rings is 2. The van der Waals surface area contributed by atoms with Crippen molar-refractivity contribution in [3.63, 3.8) is 0 Å². The van der Waals surface area contributed by atoms with Gasteiger partial charge in [-0.2, -0.15) is 0 Å². The van der Waals surface area contributed by atoms with Gasteiger partial charge in [-0.15, -0.1) is 0 Å². The number of carbonyl (C=O) groups is 2. The van der Waals surface area contributed by atoms with Crippen molar-refractivity contribution in [1.82, 2.24) is 5.32 Å². The van der Waals surface area contributed by atoms with Crippen LogP contribution in [-0.4, -0.2) is 53.3 Å². The predicted molar refractivity (Wildman–Crippen MR) is 114 cm³/mol. The van der Waals surface area contributed by atoms with Gasteiger partial charge in [0, 0.05) is 23.9 Å². The third kappa shape index (κ3) is 6.66. The number of hydrogen-bond acceptors (Lipinski definition) is 5. The van der Waals surface area contributed by atoms with Crippen molar-refractivity contribution in [2.24, 2.45) is 0 Å². The Hall–Kier alpha value is -3.26. The monoisotopic (exact) mass is 416 g/mol. The highest BCUT2D eigenvalue weighted by Crippen LogP contribution is 2.34. The molecule has 2 aromatic rings. The lowest BCUT2D eigenvalue weighted by Gasteiger charge is -2.16. The average Bonchev–Trinajstić information content (AvgIpc) is 2.72. The topological polar surface area (TPSA) is 90.3 Å². The Morgan fingerprint density at radius 3 is 2.03 bits per heavy atom. The summed E-state index contributed by atoms with van der Waals surface area (Å²) >= 11 is 0. The van der Waals surface area contributed by atoms with Crippen LogP contribution in [0.25, 0.3) is 0 Å². The number of amides is 2. The number of likely N-dealkylation sites (N-methyl/N-ethyl adjacent to an activating group) is 1. The Bertz CT molecular complexity index is 868. The summed E-state index contributed by atoms with van der Waals surface area (Å²) < 4.78 is 15.9. The number of aryl methyl sites for hydroxylation is 1. The summed E-state index contributed by atoms with van der Waals surface area (Å²) in [7, 11) is 6.45. The second-order valence-electron chi connectivity index (χ2n) is 7.02. The molecule has 0 aromatic heterocycles. The highest BCUT2D eigenvalue weighted by Gasteiger charge is 2.16.